The van der Waals surface area contributed by atoms with Gasteiger partial charge in [0.05, 0.1) is 16.8 Å². The second kappa shape index (κ2) is 7.72. The lowest BCUT2D eigenvalue weighted by molar-refractivity contribution is 0.0699. The SMILES string of the molecule is CC.O=C(O)c1cccc2nc(-c3ccc(B(O)O)cc3)ccc12. The average molecular weight is 323 g/mol. The van der Waals surface area contributed by atoms with Crippen LogP contribution in [0, 0.1) is 0 Å². The summed E-state index contributed by atoms with van der Waals surface area (Å²) in [4.78, 5) is 15.7. The normalized spacial score (nSPS) is 10.0. The highest BCUT2D eigenvalue weighted by Gasteiger charge is 2.12. The maximum Gasteiger partial charge on any atom is 0.488 e. The van der Waals surface area contributed by atoms with Gasteiger partial charge in [-0.2, -0.15) is 0 Å². The number of hydrogen-bond donors (Lipinski definition) is 3. The fourth-order valence-electron chi connectivity index (χ4n) is 2.33. The molecule has 1 aromatic heterocycles. The summed E-state index contributed by atoms with van der Waals surface area (Å²) in [6, 6.07) is 15.1. The molecular formula is C18H18BNO4. The summed E-state index contributed by atoms with van der Waals surface area (Å²) >= 11 is 0. The summed E-state index contributed by atoms with van der Waals surface area (Å²) in [5.41, 5.74) is 2.72. The zero-order chi connectivity index (χ0) is 17.7. The molecule has 0 fully saturated rings. The third kappa shape index (κ3) is 3.61. The Kier molecular flexibility index (Phi) is 5.68. The summed E-state index contributed by atoms with van der Waals surface area (Å²) in [6.07, 6.45) is 0. The van der Waals surface area contributed by atoms with Crippen molar-refractivity contribution in [3.63, 3.8) is 0 Å². The summed E-state index contributed by atoms with van der Waals surface area (Å²) in [5, 5.41) is 27.9. The number of rotatable bonds is 3. The molecule has 0 radical (unpaired) electrons. The Morgan fingerprint density at radius 1 is 0.958 bits per heavy atom. The Balaban J connectivity index is 0.00000100. The molecule has 0 aliphatic rings. The van der Waals surface area contributed by atoms with Gasteiger partial charge in [0.1, 0.15) is 0 Å². The number of fused-ring (bicyclic) bond motifs is 1. The summed E-state index contributed by atoms with van der Waals surface area (Å²) in [5.74, 6) is -0.985. The quantitative estimate of drug-likeness (QED) is 0.644. The molecule has 0 spiro atoms. The van der Waals surface area contributed by atoms with E-state index in [9.17, 15) is 9.90 Å². The highest BCUT2D eigenvalue weighted by atomic mass is 16.4. The largest absolute Gasteiger partial charge is 0.488 e. The molecule has 0 amide bonds. The van der Waals surface area contributed by atoms with Crippen molar-refractivity contribution in [2.45, 2.75) is 13.8 Å². The van der Waals surface area contributed by atoms with Gasteiger partial charge < -0.3 is 15.2 Å². The van der Waals surface area contributed by atoms with Crippen molar-refractivity contribution in [3.8, 4) is 11.3 Å². The number of pyridine rings is 1. The van der Waals surface area contributed by atoms with Gasteiger partial charge in [-0.3, -0.25) is 0 Å². The molecule has 0 atom stereocenters. The molecule has 1 heterocycles. The second-order valence-corrected chi connectivity index (χ2v) is 4.87. The number of carboxylic acid groups (broad SMARTS) is 1. The minimum absolute atomic E-state index is 0.218. The van der Waals surface area contributed by atoms with Crippen molar-refractivity contribution in [2.24, 2.45) is 0 Å². The van der Waals surface area contributed by atoms with E-state index in [1.54, 1.807) is 54.6 Å². The molecule has 0 saturated carbocycles. The third-order valence-electron chi connectivity index (χ3n) is 3.47. The van der Waals surface area contributed by atoms with Crippen LogP contribution in [0.3, 0.4) is 0 Å². The number of carbonyl (C=O) groups is 1. The van der Waals surface area contributed by atoms with Gasteiger partial charge in [-0.1, -0.05) is 44.2 Å². The van der Waals surface area contributed by atoms with Crippen molar-refractivity contribution in [1.82, 2.24) is 4.98 Å². The molecule has 3 rings (SSSR count). The maximum atomic E-state index is 11.2. The monoisotopic (exact) mass is 323 g/mol. The predicted octanol–water partition coefficient (Wildman–Crippen LogP) is 2.31. The van der Waals surface area contributed by atoms with E-state index >= 15 is 0 Å². The fraction of sp³-hybridized carbons (Fsp3) is 0.111. The number of hydrogen-bond acceptors (Lipinski definition) is 4. The van der Waals surface area contributed by atoms with Gasteiger partial charge in [-0.15, -0.1) is 0 Å². The Labute approximate surface area is 140 Å². The lowest BCUT2D eigenvalue weighted by atomic mass is 9.80. The van der Waals surface area contributed by atoms with Crippen LogP contribution in [0.25, 0.3) is 22.2 Å². The van der Waals surface area contributed by atoms with E-state index in [0.717, 1.165) is 5.56 Å². The minimum atomic E-state index is -1.50. The molecule has 2 aromatic carbocycles. The van der Waals surface area contributed by atoms with Crippen LogP contribution in [-0.4, -0.2) is 33.2 Å². The highest BCUT2D eigenvalue weighted by Crippen LogP contribution is 2.23. The Morgan fingerprint density at radius 3 is 2.21 bits per heavy atom. The standard InChI is InChI=1S/C16H12BNO4.C2H6/c19-16(20)13-2-1-3-15-12(13)8-9-14(18-15)10-4-6-11(7-5-10)17(21)22;1-2/h1-9,21-22H,(H,19,20);1-2H3. The van der Waals surface area contributed by atoms with Crippen LogP contribution in [-0.2, 0) is 0 Å². The number of carboxylic acids is 1. The predicted molar refractivity (Wildman–Crippen MR) is 95.3 cm³/mol. The lowest BCUT2D eigenvalue weighted by Gasteiger charge is -2.06. The minimum Gasteiger partial charge on any atom is -0.478 e. The molecule has 0 aliphatic heterocycles. The second-order valence-electron chi connectivity index (χ2n) is 4.87. The van der Waals surface area contributed by atoms with Gasteiger partial charge >= 0.3 is 13.1 Å². The number of nitrogens with zero attached hydrogens (tertiary/aromatic N) is 1. The summed E-state index contributed by atoms with van der Waals surface area (Å²) < 4.78 is 0. The first-order valence-corrected chi connectivity index (χ1v) is 7.66. The van der Waals surface area contributed by atoms with Gasteiger partial charge in [-0.25, -0.2) is 9.78 Å². The van der Waals surface area contributed by atoms with E-state index in [1.807, 2.05) is 13.8 Å². The lowest BCUT2D eigenvalue weighted by Crippen LogP contribution is -2.29. The van der Waals surface area contributed by atoms with E-state index < -0.39 is 13.1 Å². The van der Waals surface area contributed by atoms with Crippen molar-refractivity contribution in [1.29, 1.82) is 0 Å². The van der Waals surface area contributed by atoms with Crippen LogP contribution in [0.1, 0.15) is 24.2 Å². The van der Waals surface area contributed by atoms with E-state index in [2.05, 4.69) is 4.98 Å². The van der Waals surface area contributed by atoms with Crippen LogP contribution in [0.5, 0.6) is 0 Å². The zero-order valence-electron chi connectivity index (χ0n) is 13.5. The first kappa shape index (κ1) is 17.7. The Hall–Kier alpha value is -2.70. The number of aromatic nitrogens is 1. The first-order chi connectivity index (χ1) is 11.6. The van der Waals surface area contributed by atoms with Crippen molar-refractivity contribution >= 4 is 29.5 Å². The molecule has 5 nitrogen and oxygen atoms in total. The Bertz CT molecular complexity index is 847. The van der Waals surface area contributed by atoms with Gasteiger partial charge in [0, 0.05) is 10.9 Å². The van der Waals surface area contributed by atoms with Crippen LogP contribution in [0.2, 0.25) is 0 Å². The molecule has 0 unspecified atom stereocenters. The van der Waals surface area contributed by atoms with Crippen molar-refractivity contribution in [2.75, 3.05) is 0 Å². The zero-order valence-corrected chi connectivity index (χ0v) is 13.5. The molecular weight excluding hydrogens is 305 g/mol. The van der Waals surface area contributed by atoms with Crippen molar-refractivity contribution < 1.29 is 19.9 Å². The van der Waals surface area contributed by atoms with E-state index in [-0.39, 0.29) is 5.56 Å². The molecule has 122 valence electrons. The number of aromatic carboxylic acids is 1. The van der Waals surface area contributed by atoms with Gasteiger partial charge in [0.2, 0.25) is 0 Å². The van der Waals surface area contributed by atoms with Gasteiger partial charge in [0.25, 0.3) is 0 Å². The smallest absolute Gasteiger partial charge is 0.478 e. The van der Waals surface area contributed by atoms with E-state index in [0.29, 0.717) is 22.1 Å². The topological polar surface area (TPSA) is 90.7 Å². The maximum absolute atomic E-state index is 11.2. The third-order valence-corrected chi connectivity index (χ3v) is 3.47. The molecule has 6 heteroatoms. The number of benzene rings is 2. The molecule has 0 bridgehead atoms. The van der Waals surface area contributed by atoms with Crippen molar-refractivity contribution in [3.05, 3.63) is 60.2 Å². The van der Waals surface area contributed by atoms with E-state index in [1.165, 1.54) is 0 Å². The van der Waals surface area contributed by atoms with Crippen LogP contribution in [0.4, 0.5) is 0 Å². The van der Waals surface area contributed by atoms with E-state index in [4.69, 9.17) is 10.0 Å². The fourth-order valence-corrected chi connectivity index (χ4v) is 2.33. The molecule has 3 aromatic rings. The summed E-state index contributed by atoms with van der Waals surface area (Å²) in [6.45, 7) is 4.00. The van der Waals surface area contributed by atoms with Crippen LogP contribution >= 0.6 is 0 Å². The summed E-state index contributed by atoms with van der Waals surface area (Å²) in [7, 11) is -1.50. The van der Waals surface area contributed by atoms with Crippen LogP contribution in [0.15, 0.2) is 54.6 Å². The van der Waals surface area contributed by atoms with Crippen LogP contribution < -0.4 is 5.46 Å². The molecule has 3 N–H and O–H groups in total. The Morgan fingerprint density at radius 2 is 1.62 bits per heavy atom. The first-order valence-electron chi connectivity index (χ1n) is 7.66. The highest BCUT2D eigenvalue weighted by molar-refractivity contribution is 6.58. The molecule has 24 heavy (non-hydrogen) atoms. The average Bonchev–Trinajstić information content (AvgIpc) is 2.62. The molecule has 0 saturated heterocycles. The molecule has 0 aliphatic carbocycles. The van der Waals surface area contributed by atoms with Gasteiger partial charge in [-0.05, 0) is 29.7 Å². The van der Waals surface area contributed by atoms with Gasteiger partial charge in [0.15, 0.2) is 0 Å².